The predicted molar refractivity (Wildman–Crippen MR) is 115 cm³/mol. The number of anilines is 2. The van der Waals surface area contributed by atoms with Crippen LogP contribution in [-0.4, -0.2) is 31.7 Å². The molecule has 29 heavy (non-hydrogen) atoms. The number of hydrogen-bond acceptors (Lipinski definition) is 5. The van der Waals surface area contributed by atoms with Crippen LogP contribution in [0.15, 0.2) is 53.4 Å². The fourth-order valence-electron chi connectivity index (χ4n) is 2.57. The van der Waals surface area contributed by atoms with Gasteiger partial charge in [0, 0.05) is 22.5 Å². The Morgan fingerprint density at radius 2 is 1.59 bits per heavy atom. The Bertz CT molecular complexity index is 993. The van der Waals surface area contributed by atoms with Crippen molar-refractivity contribution in [3.8, 4) is 0 Å². The van der Waals surface area contributed by atoms with Gasteiger partial charge in [-0.2, -0.15) is 0 Å². The van der Waals surface area contributed by atoms with Crippen molar-refractivity contribution in [3.63, 3.8) is 0 Å². The number of Topliss-reactive ketones (excluding diaryl/α,β-unsaturated/α-hetero) is 1. The minimum absolute atomic E-state index is 0.0475. The lowest BCUT2D eigenvalue weighted by molar-refractivity contribution is -0.116. The molecule has 0 fully saturated rings. The van der Waals surface area contributed by atoms with Crippen LogP contribution in [0.2, 0.25) is 0 Å². The molecule has 0 spiro atoms. The Kier molecular flexibility index (Phi) is 6.81. The van der Waals surface area contributed by atoms with Gasteiger partial charge in [-0.1, -0.05) is 6.07 Å². The molecule has 1 unspecified atom stereocenters. The zero-order valence-electron chi connectivity index (χ0n) is 17.2. The second kappa shape index (κ2) is 8.75. The summed E-state index contributed by atoms with van der Waals surface area (Å²) in [6, 6.07) is 12.3. The maximum atomic E-state index is 12.5. The van der Waals surface area contributed by atoms with E-state index in [1.807, 2.05) is 0 Å². The van der Waals surface area contributed by atoms with Crippen LogP contribution in [0.5, 0.6) is 0 Å². The van der Waals surface area contributed by atoms with Gasteiger partial charge < -0.3 is 10.6 Å². The topological polar surface area (TPSA) is 104 Å². The van der Waals surface area contributed by atoms with E-state index in [-0.39, 0.29) is 16.6 Å². The molecule has 3 N–H and O–H groups in total. The molecule has 0 aliphatic rings. The van der Waals surface area contributed by atoms with E-state index in [2.05, 4.69) is 15.4 Å². The van der Waals surface area contributed by atoms with Crippen LogP contribution in [-0.2, 0) is 14.8 Å². The van der Waals surface area contributed by atoms with Gasteiger partial charge in [-0.3, -0.25) is 9.59 Å². The second-order valence-electron chi connectivity index (χ2n) is 7.87. The number of sulfonamides is 1. The largest absolute Gasteiger partial charge is 0.374 e. The van der Waals surface area contributed by atoms with Crippen molar-refractivity contribution in [2.75, 3.05) is 10.6 Å². The molecule has 0 saturated carbocycles. The van der Waals surface area contributed by atoms with E-state index in [9.17, 15) is 18.0 Å². The molecule has 1 amide bonds. The molecule has 1 atom stereocenters. The predicted octanol–water partition coefficient (Wildman–Crippen LogP) is 3.41. The highest BCUT2D eigenvalue weighted by Crippen LogP contribution is 2.18. The molecule has 0 aliphatic heterocycles. The van der Waals surface area contributed by atoms with Gasteiger partial charge in [-0.05, 0) is 77.1 Å². The maximum absolute atomic E-state index is 12.5. The highest BCUT2D eigenvalue weighted by atomic mass is 32.2. The normalized spacial score (nSPS) is 12.9. The molecule has 0 heterocycles. The summed E-state index contributed by atoms with van der Waals surface area (Å²) in [5.74, 6) is -0.338. The zero-order chi connectivity index (χ0) is 21.8. The summed E-state index contributed by atoms with van der Waals surface area (Å²) in [6.45, 7) is 8.45. The Hall–Kier alpha value is -2.71. The maximum Gasteiger partial charge on any atom is 0.246 e. The summed E-state index contributed by atoms with van der Waals surface area (Å²) in [7, 11) is -3.67. The number of rotatable bonds is 7. The lowest BCUT2D eigenvalue weighted by Gasteiger charge is -2.21. The molecule has 2 rings (SSSR count). The number of benzene rings is 2. The van der Waals surface area contributed by atoms with Crippen molar-refractivity contribution in [1.82, 2.24) is 4.72 Å². The van der Waals surface area contributed by atoms with Gasteiger partial charge in [0.25, 0.3) is 0 Å². The molecule has 0 saturated heterocycles. The van der Waals surface area contributed by atoms with Crippen LogP contribution in [0.4, 0.5) is 11.4 Å². The number of carbonyl (C=O) groups excluding carboxylic acids is 2. The van der Waals surface area contributed by atoms with Gasteiger partial charge in [0.1, 0.15) is 6.04 Å². The SMILES string of the molecule is CC(=O)c1ccc(NC(=O)C(C)Nc2cccc(S(=O)(=O)NC(C)(C)C)c2)cc1. The standard InChI is InChI=1S/C21H27N3O4S/c1-14(20(26)23-17-11-9-16(10-12-17)15(2)25)22-18-7-6-8-19(13-18)29(27,28)24-21(3,4)5/h6-14,22,24H,1-5H3,(H,23,26). The van der Waals surface area contributed by atoms with Crippen LogP contribution in [0.3, 0.4) is 0 Å². The van der Waals surface area contributed by atoms with Crippen LogP contribution >= 0.6 is 0 Å². The number of nitrogens with one attached hydrogen (secondary N) is 3. The van der Waals surface area contributed by atoms with Crippen LogP contribution in [0, 0.1) is 0 Å². The molecule has 7 nitrogen and oxygen atoms in total. The first kappa shape index (κ1) is 22.6. The van der Waals surface area contributed by atoms with Gasteiger partial charge in [0.2, 0.25) is 15.9 Å². The smallest absolute Gasteiger partial charge is 0.246 e. The highest BCUT2D eigenvalue weighted by Gasteiger charge is 2.22. The van der Waals surface area contributed by atoms with Crippen molar-refractivity contribution < 1.29 is 18.0 Å². The van der Waals surface area contributed by atoms with E-state index in [0.29, 0.717) is 16.9 Å². The quantitative estimate of drug-likeness (QED) is 0.599. The van der Waals surface area contributed by atoms with E-state index in [0.717, 1.165) is 0 Å². The van der Waals surface area contributed by atoms with Gasteiger partial charge in [-0.15, -0.1) is 0 Å². The molecule has 0 bridgehead atoms. The minimum Gasteiger partial charge on any atom is -0.374 e. The van der Waals surface area contributed by atoms with Crippen molar-refractivity contribution in [1.29, 1.82) is 0 Å². The summed E-state index contributed by atoms with van der Waals surface area (Å²) in [4.78, 5) is 23.9. The van der Waals surface area contributed by atoms with Crippen molar-refractivity contribution >= 4 is 33.1 Å². The minimum atomic E-state index is -3.67. The number of ketones is 1. The average molecular weight is 418 g/mol. The van der Waals surface area contributed by atoms with Crippen LogP contribution in [0.1, 0.15) is 45.0 Å². The van der Waals surface area contributed by atoms with Crippen molar-refractivity contribution in [3.05, 3.63) is 54.1 Å². The Morgan fingerprint density at radius 3 is 2.14 bits per heavy atom. The van der Waals surface area contributed by atoms with Gasteiger partial charge in [-0.25, -0.2) is 13.1 Å². The molecule has 8 heteroatoms. The molecule has 0 radical (unpaired) electrons. The molecule has 0 aromatic heterocycles. The Morgan fingerprint density at radius 1 is 0.966 bits per heavy atom. The van der Waals surface area contributed by atoms with E-state index in [1.165, 1.54) is 19.1 Å². The van der Waals surface area contributed by atoms with Gasteiger partial charge in [0.15, 0.2) is 5.78 Å². The molecule has 156 valence electrons. The van der Waals surface area contributed by atoms with E-state index < -0.39 is 21.6 Å². The Balaban J connectivity index is 2.07. The Labute approximate surface area is 172 Å². The van der Waals surface area contributed by atoms with E-state index in [1.54, 1.807) is 64.1 Å². The van der Waals surface area contributed by atoms with Crippen LogP contribution in [0.25, 0.3) is 0 Å². The highest BCUT2D eigenvalue weighted by molar-refractivity contribution is 7.89. The first-order chi connectivity index (χ1) is 13.4. The van der Waals surface area contributed by atoms with Gasteiger partial charge >= 0.3 is 0 Å². The van der Waals surface area contributed by atoms with E-state index in [4.69, 9.17) is 0 Å². The first-order valence-corrected chi connectivity index (χ1v) is 10.7. The molecule has 2 aromatic carbocycles. The molecule has 0 aliphatic carbocycles. The summed E-state index contributed by atoms with van der Waals surface area (Å²) in [5.41, 5.74) is 1.04. The third kappa shape index (κ3) is 6.69. The van der Waals surface area contributed by atoms with Crippen LogP contribution < -0.4 is 15.4 Å². The molecular formula is C21H27N3O4S. The van der Waals surface area contributed by atoms with Gasteiger partial charge in [0.05, 0.1) is 4.90 Å². The molecular weight excluding hydrogens is 390 g/mol. The average Bonchev–Trinajstić information content (AvgIpc) is 2.60. The number of carbonyl (C=O) groups is 2. The zero-order valence-corrected chi connectivity index (χ0v) is 18.1. The number of hydrogen-bond donors (Lipinski definition) is 3. The van der Waals surface area contributed by atoms with E-state index >= 15 is 0 Å². The number of amides is 1. The lowest BCUT2D eigenvalue weighted by atomic mass is 10.1. The first-order valence-electron chi connectivity index (χ1n) is 9.20. The summed E-state index contributed by atoms with van der Waals surface area (Å²) in [5, 5.41) is 5.77. The third-order valence-corrected chi connectivity index (χ3v) is 5.68. The summed E-state index contributed by atoms with van der Waals surface area (Å²) in [6.07, 6.45) is 0. The third-order valence-electron chi connectivity index (χ3n) is 3.92. The summed E-state index contributed by atoms with van der Waals surface area (Å²) < 4.78 is 27.6. The second-order valence-corrected chi connectivity index (χ2v) is 9.55. The fourth-order valence-corrected chi connectivity index (χ4v) is 4.03. The van der Waals surface area contributed by atoms with Crippen molar-refractivity contribution in [2.24, 2.45) is 0 Å². The van der Waals surface area contributed by atoms with Crippen molar-refractivity contribution in [2.45, 2.75) is 51.1 Å². The summed E-state index contributed by atoms with van der Waals surface area (Å²) >= 11 is 0. The lowest BCUT2D eigenvalue weighted by Crippen LogP contribution is -2.40. The fraction of sp³-hybridized carbons (Fsp3) is 0.333. The molecule has 2 aromatic rings. The monoisotopic (exact) mass is 417 g/mol.